The van der Waals surface area contributed by atoms with E-state index in [1.165, 1.54) is 22.6 Å². The molecule has 3 aliphatic rings. The van der Waals surface area contributed by atoms with E-state index in [0.717, 1.165) is 16.7 Å². The number of hydrogen-bond donors (Lipinski definition) is 3. The van der Waals surface area contributed by atoms with Gasteiger partial charge in [0.1, 0.15) is 11.8 Å². The number of fused-ring (bicyclic) bond motifs is 1. The third-order valence-electron chi connectivity index (χ3n) is 7.45. The van der Waals surface area contributed by atoms with Crippen molar-refractivity contribution < 1.29 is 27.8 Å². The SMILES string of the molecule is Cc1ccc(CN2CCN(C(=O)[C@@H](C)O)CC2)cc1-c1ccc2c(n1)N(C)S(O)(O)N2CC1CC1(F)F. The van der Waals surface area contributed by atoms with E-state index in [9.17, 15) is 27.8 Å². The fourth-order valence-electron chi connectivity index (χ4n) is 4.97. The number of hydrogen-bond acceptors (Lipinski definition) is 8. The largest absolute Gasteiger partial charge is 0.384 e. The van der Waals surface area contributed by atoms with E-state index in [1.807, 2.05) is 13.0 Å². The molecule has 1 saturated heterocycles. The second-order valence-corrected chi connectivity index (χ2v) is 12.1. The lowest BCUT2D eigenvalue weighted by Crippen LogP contribution is -2.50. The number of nitrogens with zero attached hydrogens (tertiary/aromatic N) is 5. The molecule has 1 aliphatic carbocycles. The van der Waals surface area contributed by atoms with Crippen LogP contribution in [0, 0.1) is 12.8 Å². The number of alkyl halides is 2. The van der Waals surface area contributed by atoms with Crippen molar-refractivity contribution in [3.05, 3.63) is 41.5 Å². The standard InChI is InChI=1S/C25H33F2N5O4S/c1-16-4-5-18(14-30-8-10-31(11-9-30)24(34)17(2)33)12-20(16)21-6-7-22-23(28-21)29(3)37(35,36)32(22)15-19-13-25(19,26)27/h4-7,12,17,19,33,35-36H,8-11,13-15H2,1-3H3/t17-,19?/m1/s1. The van der Waals surface area contributed by atoms with Crippen molar-refractivity contribution in [1.29, 1.82) is 0 Å². The summed E-state index contributed by atoms with van der Waals surface area (Å²) in [6.45, 7) is 6.56. The average molecular weight is 538 g/mol. The Morgan fingerprint density at radius 1 is 1.19 bits per heavy atom. The van der Waals surface area contributed by atoms with E-state index >= 15 is 0 Å². The number of piperazine rings is 1. The van der Waals surface area contributed by atoms with E-state index in [0.29, 0.717) is 49.9 Å². The number of aromatic nitrogens is 1. The third-order valence-corrected chi connectivity index (χ3v) is 9.30. The van der Waals surface area contributed by atoms with Gasteiger partial charge < -0.3 is 10.0 Å². The van der Waals surface area contributed by atoms with Crippen LogP contribution in [0.1, 0.15) is 24.5 Å². The van der Waals surface area contributed by atoms with Crippen LogP contribution in [0.15, 0.2) is 30.3 Å². The second-order valence-electron chi connectivity index (χ2n) is 10.2. The van der Waals surface area contributed by atoms with E-state index < -0.39 is 28.9 Å². The van der Waals surface area contributed by atoms with Crippen molar-refractivity contribution in [1.82, 2.24) is 14.8 Å². The molecule has 2 aromatic rings. The summed E-state index contributed by atoms with van der Waals surface area (Å²) in [7, 11) is -1.95. The molecule has 1 amide bonds. The van der Waals surface area contributed by atoms with Gasteiger partial charge in [-0.05, 0) is 54.1 Å². The first-order valence-electron chi connectivity index (χ1n) is 12.4. The molecular weight excluding hydrogens is 504 g/mol. The summed E-state index contributed by atoms with van der Waals surface area (Å²) in [5.74, 6) is -3.55. The van der Waals surface area contributed by atoms with Gasteiger partial charge in [0.05, 0.1) is 5.69 Å². The third kappa shape index (κ3) is 4.88. The number of halogens is 2. The number of rotatable bonds is 6. The van der Waals surface area contributed by atoms with E-state index in [-0.39, 0.29) is 18.9 Å². The molecule has 0 bridgehead atoms. The van der Waals surface area contributed by atoms with Crippen LogP contribution in [-0.2, 0) is 11.3 Å². The molecule has 3 heterocycles. The van der Waals surface area contributed by atoms with Gasteiger partial charge >= 0.3 is 0 Å². The molecule has 9 nitrogen and oxygen atoms in total. The highest BCUT2D eigenvalue weighted by Crippen LogP contribution is 2.62. The van der Waals surface area contributed by atoms with Gasteiger partial charge in [-0.3, -0.25) is 18.8 Å². The molecule has 0 spiro atoms. The van der Waals surface area contributed by atoms with Gasteiger partial charge in [0.25, 0.3) is 11.8 Å². The zero-order valence-electron chi connectivity index (χ0n) is 21.1. The maximum atomic E-state index is 13.6. The molecule has 202 valence electrons. The smallest absolute Gasteiger partial charge is 0.253 e. The first-order chi connectivity index (χ1) is 17.4. The maximum absolute atomic E-state index is 13.6. The number of pyridine rings is 1. The van der Waals surface area contributed by atoms with Gasteiger partial charge in [-0.15, -0.1) is 0 Å². The number of carbonyl (C=O) groups is 1. The highest BCUT2D eigenvalue weighted by atomic mass is 32.3. The summed E-state index contributed by atoms with van der Waals surface area (Å²) in [4.78, 5) is 20.7. The van der Waals surface area contributed by atoms with Crippen LogP contribution in [0.2, 0.25) is 0 Å². The molecule has 37 heavy (non-hydrogen) atoms. The lowest BCUT2D eigenvalue weighted by molar-refractivity contribution is -0.141. The molecule has 2 atom stereocenters. The normalized spacial score (nSPS) is 24.1. The fourth-order valence-corrected chi connectivity index (χ4v) is 6.42. The van der Waals surface area contributed by atoms with Crippen LogP contribution in [0.5, 0.6) is 0 Å². The van der Waals surface area contributed by atoms with Crippen molar-refractivity contribution in [3.63, 3.8) is 0 Å². The molecule has 1 aromatic carbocycles. The highest BCUT2D eigenvalue weighted by Gasteiger charge is 2.59. The summed E-state index contributed by atoms with van der Waals surface area (Å²) in [6.07, 6.45) is -1.24. The minimum Gasteiger partial charge on any atom is -0.384 e. The molecule has 1 saturated carbocycles. The van der Waals surface area contributed by atoms with Crippen molar-refractivity contribution in [2.24, 2.45) is 5.92 Å². The van der Waals surface area contributed by atoms with Crippen LogP contribution in [-0.4, -0.2) is 86.7 Å². The molecule has 3 N–H and O–H groups in total. The Morgan fingerprint density at radius 2 is 1.86 bits per heavy atom. The maximum Gasteiger partial charge on any atom is 0.253 e. The molecule has 1 unspecified atom stereocenters. The Bertz CT molecular complexity index is 1210. The summed E-state index contributed by atoms with van der Waals surface area (Å²) < 4.78 is 51.2. The predicted octanol–water partition coefficient (Wildman–Crippen LogP) is 3.57. The lowest BCUT2D eigenvalue weighted by Gasteiger charge is -2.41. The molecule has 1 aromatic heterocycles. The molecule has 5 rings (SSSR count). The average Bonchev–Trinajstić information content (AvgIpc) is 3.42. The van der Waals surface area contributed by atoms with Gasteiger partial charge in [0, 0.05) is 64.2 Å². The van der Waals surface area contributed by atoms with Gasteiger partial charge in [-0.1, -0.05) is 12.1 Å². The molecular formula is C25H33F2N5O4S. The molecule has 2 aliphatic heterocycles. The number of carbonyl (C=O) groups excluding carboxylic acids is 1. The second kappa shape index (κ2) is 9.35. The van der Waals surface area contributed by atoms with Crippen LogP contribution in [0.25, 0.3) is 11.3 Å². The molecule has 2 fully saturated rings. The summed E-state index contributed by atoms with van der Waals surface area (Å²) in [5.41, 5.74) is 4.08. The van der Waals surface area contributed by atoms with Gasteiger partial charge in [-0.2, -0.15) is 0 Å². The Hall–Kier alpha value is -2.51. The Kier molecular flexibility index (Phi) is 6.60. The zero-order chi connectivity index (χ0) is 26.7. The number of aliphatic hydroxyl groups excluding tert-OH is 1. The minimum atomic E-state index is -3.46. The zero-order valence-corrected chi connectivity index (χ0v) is 22.0. The summed E-state index contributed by atoms with van der Waals surface area (Å²) in [6, 6.07) is 9.65. The number of amides is 1. The number of aliphatic hydroxyl groups is 1. The molecule has 0 radical (unpaired) electrons. The van der Waals surface area contributed by atoms with Gasteiger partial charge in [-0.25, -0.2) is 22.4 Å². The number of aryl methyl sites for hydroxylation is 1. The summed E-state index contributed by atoms with van der Waals surface area (Å²) >= 11 is 0. The van der Waals surface area contributed by atoms with Crippen LogP contribution < -0.4 is 8.61 Å². The molecule has 12 heteroatoms. The Balaban J connectivity index is 1.34. The minimum absolute atomic E-state index is 0.141. The summed E-state index contributed by atoms with van der Waals surface area (Å²) in [5, 5.41) is 9.55. The quantitative estimate of drug-likeness (QED) is 0.514. The van der Waals surface area contributed by atoms with Crippen LogP contribution in [0.3, 0.4) is 0 Å². The monoisotopic (exact) mass is 537 g/mol. The lowest BCUT2D eigenvalue weighted by atomic mass is 10.0. The first kappa shape index (κ1) is 26.1. The Morgan fingerprint density at radius 3 is 2.49 bits per heavy atom. The number of benzene rings is 1. The number of anilines is 2. The van der Waals surface area contributed by atoms with Crippen molar-refractivity contribution in [2.75, 3.05) is 48.4 Å². The van der Waals surface area contributed by atoms with Crippen molar-refractivity contribution in [3.8, 4) is 11.3 Å². The van der Waals surface area contributed by atoms with Gasteiger partial charge in [0.15, 0.2) is 5.82 Å². The highest BCUT2D eigenvalue weighted by molar-refractivity contribution is 8.26. The van der Waals surface area contributed by atoms with Crippen molar-refractivity contribution >= 4 is 28.4 Å². The van der Waals surface area contributed by atoms with E-state index in [4.69, 9.17) is 4.98 Å². The van der Waals surface area contributed by atoms with E-state index in [2.05, 4.69) is 17.0 Å². The Labute approximate surface area is 216 Å². The predicted molar refractivity (Wildman–Crippen MR) is 140 cm³/mol. The van der Waals surface area contributed by atoms with Gasteiger partial charge in [0.2, 0.25) is 0 Å². The van der Waals surface area contributed by atoms with E-state index in [1.54, 1.807) is 17.0 Å². The van der Waals surface area contributed by atoms with Crippen LogP contribution in [0.4, 0.5) is 20.3 Å². The fraction of sp³-hybridized carbons (Fsp3) is 0.520. The van der Waals surface area contributed by atoms with Crippen molar-refractivity contribution in [2.45, 2.75) is 38.8 Å². The van der Waals surface area contributed by atoms with Crippen LogP contribution >= 0.6 is 11.0 Å². The first-order valence-corrected chi connectivity index (χ1v) is 13.8. The topological polar surface area (TPSA) is 104 Å².